The molecule has 0 aromatic heterocycles. The Morgan fingerprint density at radius 1 is 1.24 bits per heavy atom. The van der Waals surface area contributed by atoms with Crippen molar-refractivity contribution in [1.29, 1.82) is 0 Å². The number of benzene rings is 1. The van der Waals surface area contributed by atoms with Crippen molar-refractivity contribution in [1.82, 2.24) is 4.90 Å². The van der Waals surface area contributed by atoms with E-state index in [0.717, 1.165) is 0 Å². The molecule has 2 N–H and O–H groups in total. The first-order valence-corrected chi connectivity index (χ1v) is 5.86. The van der Waals surface area contributed by atoms with Crippen LogP contribution >= 0.6 is 0 Å². The maximum atomic E-state index is 12.2. The lowest BCUT2D eigenvalue weighted by Gasteiger charge is -2.35. The van der Waals surface area contributed by atoms with E-state index in [1.807, 2.05) is 18.7 Å². The summed E-state index contributed by atoms with van der Waals surface area (Å²) in [6, 6.07) is 7.03. The maximum Gasteiger partial charge on any atom is 0.254 e. The molecule has 1 aromatic rings. The largest absolute Gasteiger partial charge is 0.399 e. The molecule has 2 rings (SSSR count). The minimum Gasteiger partial charge on any atom is -0.399 e. The first kappa shape index (κ1) is 11.9. The highest BCUT2D eigenvalue weighted by Crippen LogP contribution is 2.15. The average Bonchev–Trinajstić information content (AvgIpc) is 2.28. The second-order valence-corrected chi connectivity index (χ2v) is 4.59. The Hall–Kier alpha value is -1.55. The number of morpholine rings is 1. The van der Waals surface area contributed by atoms with Crippen molar-refractivity contribution in [2.24, 2.45) is 0 Å². The second kappa shape index (κ2) is 4.75. The molecule has 2 unspecified atom stereocenters. The molecule has 17 heavy (non-hydrogen) atoms. The third kappa shape index (κ3) is 2.77. The Morgan fingerprint density at radius 2 is 1.76 bits per heavy atom. The zero-order chi connectivity index (χ0) is 12.4. The highest BCUT2D eigenvalue weighted by atomic mass is 16.5. The van der Waals surface area contributed by atoms with Gasteiger partial charge in [-0.3, -0.25) is 4.79 Å². The Kier molecular flexibility index (Phi) is 3.33. The fourth-order valence-corrected chi connectivity index (χ4v) is 2.15. The number of anilines is 1. The fourth-order valence-electron chi connectivity index (χ4n) is 2.15. The molecular formula is C13H18N2O2. The number of hydrogen-bond acceptors (Lipinski definition) is 3. The van der Waals surface area contributed by atoms with Crippen LogP contribution in [0.2, 0.25) is 0 Å². The van der Waals surface area contributed by atoms with Crippen molar-refractivity contribution in [3.63, 3.8) is 0 Å². The summed E-state index contributed by atoms with van der Waals surface area (Å²) < 4.78 is 5.61. The number of carbonyl (C=O) groups is 1. The van der Waals surface area contributed by atoms with Crippen molar-refractivity contribution in [3.8, 4) is 0 Å². The summed E-state index contributed by atoms with van der Waals surface area (Å²) in [7, 11) is 0. The van der Waals surface area contributed by atoms with Crippen LogP contribution in [0.25, 0.3) is 0 Å². The average molecular weight is 234 g/mol. The van der Waals surface area contributed by atoms with E-state index < -0.39 is 0 Å². The lowest BCUT2D eigenvalue weighted by molar-refractivity contribution is -0.0586. The Labute approximate surface area is 101 Å². The quantitative estimate of drug-likeness (QED) is 0.749. The van der Waals surface area contributed by atoms with E-state index in [9.17, 15) is 4.79 Å². The van der Waals surface area contributed by atoms with Gasteiger partial charge in [0.2, 0.25) is 0 Å². The summed E-state index contributed by atoms with van der Waals surface area (Å²) in [5.74, 6) is 0.0481. The zero-order valence-corrected chi connectivity index (χ0v) is 10.2. The molecule has 1 aromatic carbocycles. The van der Waals surface area contributed by atoms with Crippen molar-refractivity contribution >= 4 is 11.6 Å². The monoisotopic (exact) mass is 234 g/mol. The third-order valence-electron chi connectivity index (χ3n) is 2.86. The van der Waals surface area contributed by atoms with Gasteiger partial charge in [0.05, 0.1) is 12.2 Å². The molecule has 0 saturated carbocycles. The first-order valence-electron chi connectivity index (χ1n) is 5.86. The van der Waals surface area contributed by atoms with Crippen LogP contribution < -0.4 is 5.73 Å². The van der Waals surface area contributed by atoms with E-state index in [2.05, 4.69) is 0 Å². The van der Waals surface area contributed by atoms with Crippen LogP contribution in [0.3, 0.4) is 0 Å². The molecule has 0 aliphatic carbocycles. The fraction of sp³-hybridized carbons (Fsp3) is 0.462. The highest BCUT2D eigenvalue weighted by Gasteiger charge is 2.26. The number of nitrogens with zero attached hydrogens (tertiary/aromatic N) is 1. The van der Waals surface area contributed by atoms with E-state index in [-0.39, 0.29) is 18.1 Å². The minimum absolute atomic E-state index is 0.0481. The van der Waals surface area contributed by atoms with E-state index in [4.69, 9.17) is 10.5 Å². The standard InChI is InChI=1S/C13H18N2O2/c1-9-7-15(8-10(2)17-9)13(16)11-3-5-12(14)6-4-11/h3-6,9-10H,7-8,14H2,1-2H3. The number of nitrogens with two attached hydrogens (primary N) is 1. The van der Waals surface area contributed by atoms with E-state index in [1.54, 1.807) is 24.3 Å². The Morgan fingerprint density at radius 3 is 2.29 bits per heavy atom. The molecule has 92 valence electrons. The topological polar surface area (TPSA) is 55.6 Å². The maximum absolute atomic E-state index is 12.2. The summed E-state index contributed by atoms with van der Waals surface area (Å²) >= 11 is 0. The number of nitrogen functional groups attached to an aromatic ring is 1. The molecule has 1 amide bonds. The van der Waals surface area contributed by atoms with Gasteiger partial charge in [-0.05, 0) is 38.1 Å². The van der Waals surface area contributed by atoms with Crippen LogP contribution in [0.4, 0.5) is 5.69 Å². The summed E-state index contributed by atoms with van der Waals surface area (Å²) in [6.07, 6.45) is 0.188. The molecule has 1 heterocycles. The molecular weight excluding hydrogens is 216 g/mol. The van der Waals surface area contributed by atoms with Crippen LogP contribution in [0.1, 0.15) is 24.2 Å². The smallest absolute Gasteiger partial charge is 0.254 e. The minimum atomic E-state index is 0.0481. The van der Waals surface area contributed by atoms with Crippen LogP contribution in [-0.2, 0) is 4.74 Å². The predicted octanol–water partition coefficient (Wildman–Crippen LogP) is 1.52. The molecule has 0 radical (unpaired) electrons. The van der Waals surface area contributed by atoms with Gasteiger partial charge < -0.3 is 15.4 Å². The molecule has 1 fully saturated rings. The normalized spacial score (nSPS) is 24.7. The summed E-state index contributed by atoms with van der Waals surface area (Å²) in [5, 5.41) is 0. The van der Waals surface area contributed by atoms with Gasteiger partial charge in [0, 0.05) is 24.3 Å². The van der Waals surface area contributed by atoms with E-state index in [1.165, 1.54) is 0 Å². The van der Waals surface area contributed by atoms with Gasteiger partial charge in [-0.15, -0.1) is 0 Å². The number of amides is 1. The zero-order valence-electron chi connectivity index (χ0n) is 10.2. The molecule has 1 aliphatic rings. The Balaban J connectivity index is 2.11. The van der Waals surface area contributed by atoms with Gasteiger partial charge >= 0.3 is 0 Å². The van der Waals surface area contributed by atoms with Crippen molar-refractivity contribution in [2.75, 3.05) is 18.8 Å². The first-order chi connectivity index (χ1) is 8.06. The predicted molar refractivity (Wildman–Crippen MR) is 66.8 cm³/mol. The SMILES string of the molecule is CC1CN(C(=O)c2ccc(N)cc2)CC(C)O1. The third-order valence-corrected chi connectivity index (χ3v) is 2.86. The second-order valence-electron chi connectivity index (χ2n) is 4.59. The molecule has 4 nitrogen and oxygen atoms in total. The van der Waals surface area contributed by atoms with Gasteiger partial charge in [0.1, 0.15) is 0 Å². The van der Waals surface area contributed by atoms with Crippen LogP contribution in [-0.4, -0.2) is 36.1 Å². The highest BCUT2D eigenvalue weighted by molar-refractivity contribution is 5.94. The van der Waals surface area contributed by atoms with Gasteiger partial charge in [-0.1, -0.05) is 0 Å². The molecule has 1 saturated heterocycles. The van der Waals surface area contributed by atoms with Gasteiger partial charge in [-0.2, -0.15) is 0 Å². The molecule has 0 spiro atoms. The van der Waals surface area contributed by atoms with Gasteiger partial charge in [0.25, 0.3) is 5.91 Å². The summed E-state index contributed by atoms with van der Waals surface area (Å²) in [5.41, 5.74) is 6.96. The van der Waals surface area contributed by atoms with E-state index in [0.29, 0.717) is 24.3 Å². The lowest BCUT2D eigenvalue weighted by Crippen LogP contribution is -2.48. The number of carbonyl (C=O) groups excluding carboxylic acids is 1. The van der Waals surface area contributed by atoms with Crippen molar-refractivity contribution in [3.05, 3.63) is 29.8 Å². The van der Waals surface area contributed by atoms with Gasteiger partial charge in [-0.25, -0.2) is 0 Å². The summed E-state index contributed by atoms with van der Waals surface area (Å²) in [6.45, 7) is 5.26. The molecule has 4 heteroatoms. The number of ether oxygens (including phenoxy) is 1. The number of hydrogen-bond donors (Lipinski definition) is 1. The molecule has 1 aliphatic heterocycles. The Bertz CT molecular complexity index is 392. The lowest BCUT2D eigenvalue weighted by atomic mass is 10.1. The number of rotatable bonds is 1. The van der Waals surface area contributed by atoms with Gasteiger partial charge in [0.15, 0.2) is 0 Å². The molecule has 2 atom stereocenters. The van der Waals surface area contributed by atoms with Crippen LogP contribution in [0.15, 0.2) is 24.3 Å². The van der Waals surface area contributed by atoms with Crippen molar-refractivity contribution in [2.45, 2.75) is 26.1 Å². The van der Waals surface area contributed by atoms with Crippen molar-refractivity contribution < 1.29 is 9.53 Å². The van der Waals surface area contributed by atoms with Crippen LogP contribution in [0, 0.1) is 0 Å². The van der Waals surface area contributed by atoms with E-state index >= 15 is 0 Å². The summed E-state index contributed by atoms with van der Waals surface area (Å²) in [4.78, 5) is 14.1. The molecule has 0 bridgehead atoms. The van der Waals surface area contributed by atoms with Crippen LogP contribution in [0.5, 0.6) is 0 Å².